The van der Waals surface area contributed by atoms with E-state index in [0.717, 1.165) is 12.8 Å². The van der Waals surface area contributed by atoms with Gasteiger partial charge in [-0.25, -0.2) is 0 Å². The summed E-state index contributed by atoms with van der Waals surface area (Å²) in [7, 11) is 0. The molecule has 1 rings (SSSR count). The van der Waals surface area contributed by atoms with Crippen molar-refractivity contribution in [3.05, 3.63) is 34.8 Å². The molecule has 0 atom stereocenters. The van der Waals surface area contributed by atoms with Crippen LogP contribution in [0.4, 0.5) is 0 Å². The van der Waals surface area contributed by atoms with E-state index < -0.39 is 0 Å². The predicted octanol–water partition coefficient (Wildman–Crippen LogP) is 3.76. The minimum Gasteiger partial charge on any atom is -0.116 e. The molecular formula is C12H16. The monoisotopic (exact) mass is 160 g/mol. The molecular weight excluding hydrogens is 144 g/mol. The molecule has 0 bridgehead atoms. The number of allylic oxidation sites excluding steroid dienone is 2. The highest BCUT2D eigenvalue weighted by Crippen LogP contribution is 2.20. The molecule has 0 heterocycles. The first-order valence-electron chi connectivity index (χ1n) is 4.78. The van der Waals surface area contributed by atoms with Crippen LogP contribution in [-0.4, -0.2) is 0 Å². The van der Waals surface area contributed by atoms with Crippen LogP contribution in [0.15, 0.2) is 34.8 Å². The zero-order chi connectivity index (χ0) is 8.81. The summed E-state index contributed by atoms with van der Waals surface area (Å²) >= 11 is 0. The van der Waals surface area contributed by atoms with Gasteiger partial charge in [-0.05, 0) is 25.0 Å². The summed E-state index contributed by atoms with van der Waals surface area (Å²) in [6.07, 6.45) is 8.61. The minimum absolute atomic E-state index is 1.15. The summed E-state index contributed by atoms with van der Waals surface area (Å²) < 4.78 is 0. The van der Waals surface area contributed by atoms with Crippen LogP contribution in [0.25, 0.3) is 0 Å². The van der Waals surface area contributed by atoms with Crippen molar-refractivity contribution in [1.29, 1.82) is 0 Å². The minimum atomic E-state index is 1.15. The van der Waals surface area contributed by atoms with Crippen molar-refractivity contribution in [3.63, 3.8) is 0 Å². The Bertz CT molecular complexity index is 236. The third-order valence-electron chi connectivity index (χ3n) is 1.96. The average molecular weight is 160 g/mol. The largest absolute Gasteiger partial charge is 0.116 e. The van der Waals surface area contributed by atoms with Gasteiger partial charge < -0.3 is 0 Å². The van der Waals surface area contributed by atoms with Crippen LogP contribution < -0.4 is 0 Å². The molecule has 12 heavy (non-hydrogen) atoms. The van der Waals surface area contributed by atoms with Crippen molar-refractivity contribution < 1.29 is 0 Å². The number of hydrogen-bond acceptors (Lipinski definition) is 0. The lowest BCUT2D eigenvalue weighted by Crippen LogP contribution is -1.89. The summed E-state index contributed by atoms with van der Waals surface area (Å²) in [5, 5.41) is 0. The molecule has 0 radical (unpaired) electrons. The Morgan fingerprint density at radius 2 is 1.33 bits per heavy atom. The van der Waals surface area contributed by atoms with Gasteiger partial charge in [-0.1, -0.05) is 26.7 Å². The van der Waals surface area contributed by atoms with E-state index in [0.29, 0.717) is 0 Å². The van der Waals surface area contributed by atoms with E-state index in [2.05, 4.69) is 25.3 Å². The van der Waals surface area contributed by atoms with Crippen LogP contribution >= 0.6 is 0 Å². The Labute approximate surface area is 75.0 Å². The van der Waals surface area contributed by atoms with Gasteiger partial charge in [0.15, 0.2) is 0 Å². The third kappa shape index (κ3) is 2.27. The first-order chi connectivity index (χ1) is 5.88. The first-order valence-corrected chi connectivity index (χ1v) is 4.78. The summed E-state index contributed by atoms with van der Waals surface area (Å²) in [6.45, 7) is 4.41. The fourth-order valence-electron chi connectivity index (χ4n) is 1.40. The maximum Gasteiger partial charge on any atom is 0.00489 e. The summed E-state index contributed by atoms with van der Waals surface area (Å²) in [5.41, 5.74) is 9.31. The lowest BCUT2D eigenvalue weighted by Gasteiger charge is -2.06. The molecule has 1 aliphatic carbocycles. The maximum absolute atomic E-state index is 3.29. The van der Waals surface area contributed by atoms with Gasteiger partial charge >= 0.3 is 0 Å². The summed E-state index contributed by atoms with van der Waals surface area (Å²) in [5.74, 6) is 0. The molecule has 0 saturated carbocycles. The molecule has 0 saturated heterocycles. The Morgan fingerprint density at radius 1 is 0.917 bits per heavy atom. The van der Waals surface area contributed by atoms with Crippen molar-refractivity contribution in [3.8, 4) is 0 Å². The highest BCUT2D eigenvalue weighted by molar-refractivity contribution is 5.34. The molecule has 0 fully saturated rings. The van der Waals surface area contributed by atoms with Crippen molar-refractivity contribution in [2.45, 2.75) is 39.5 Å². The van der Waals surface area contributed by atoms with E-state index >= 15 is 0 Å². The Morgan fingerprint density at radius 3 is 1.67 bits per heavy atom. The first kappa shape index (κ1) is 9.13. The van der Waals surface area contributed by atoms with Crippen LogP contribution in [0.2, 0.25) is 0 Å². The second kappa shape index (κ2) is 4.83. The summed E-state index contributed by atoms with van der Waals surface area (Å²) in [4.78, 5) is 0. The van der Waals surface area contributed by atoms with E-state index in [9.17, 15) is 0 Å². The van der Waals surface area contributed by atoms with E-state index in [1.54, 1.807) is 0 Å². The molecule has 0 amide bonds. The van der Waals surface area contributed by atoms with E-state index in [-0.39, 0.29) is 0 Å². The lowest BCUT2D eigenvalue weighted by molar-refractivity contribution is 0.854. The lowest BCUT2D eigenvalue weighted by atomic mass is 9.97. The highest BCUT2D eigenvalue weighted by Gasteiger charge is 2.02. The highest BCUT2D eigenvalue weighted by atomic mass is 14.1. The van der Waals surface area contributed by atoms with E-state index in [4.69, 9.17) is 0 Å². The molecule has 0 aromatic carbocycles. The summed E-state index contributed by atoms with van der Waals surface area (Å²) in [6, 6.07) is 0. The second-order valence-corrected chi connectivity index (χ2v) is 3.08. The van der Waals surface area contributed by atoms with Crippen LogP contribution in [-0.2, 0) is 0 Å². The molecule has 0 aromatic heterocycles. The third-order valence-corrected chi connectivity index (χ3v) is 1.96. The Hall–Kier alpha value is -0.960. The standard InChI is InChI=1S/C12H16/c1-3-7-11-9-5-6-10-12(11)8-4-2/h5-6H,3-4,7-8H2,1-2H3. The van der Waals surface area contributed by atoms with Gasteiger partial charge in [-0.3, -0.25) is 0 Å². The Balaban J connectivity index is 2.71. The van der Waals surface area contributed by atoms with Crippen molar-refractivity contribution in [2.24, 2.45) is 0 Å². The molecule has 0 aromatic rings. The van der Waals surface area contributed by atoms with Gasteiger partial charge in [0.05, 0.1) is 0 Å². The number of rotatable bonds is 4. The molecule has 0 aliphatic heterocycles. The normalized spacial score (nSPS) is 14.5. The zero-order valence-electron chi connectivity index (χ0n) is 7.98. The molecule has 0 spiro atoms. The molecule has 64 valence electrons. The SMILES string of the molecule is CCCC1=C=CC=C=C1CCC. The van der Waals surface area contributed by atoms with Crippen molar-refractivity contribution >= 4 is 0 Å². The van der Waals surface area contributed by atoms with E-state index in [1.165, 1.54) is 24.0 Å². The maximum atomic E-state index is 3.29. The molecule has 0 heteroatoms. The molecule has 0 unspecified atom stereocenters. The van der Waals surface area contributed by atoms with Crippen molar-refractivity contribution in [2.75, 3.05) is 0 Å². The molecule has 0 N–H and O–H groups in total. The van der Waals surface area contributed by atoms with Crippen molar-refractivity contribution in [1.82, 2.24) is 0 Å². The van der Waals surface area contributed by atoms with Gasteiger partial charge in [0, 0.05) is 11.1 Å². The van der Waals surface area contributed by atoms with Crippen LogP contribution in [0.1, 0.15) is 39.5 Å². The van der Waals surface area contributed by atoms with Crippen LogP contribution in [0, 0.1) is 0 Å². The van der Waals surface area contributed by atoms with E-state index in [1.807, 2.05) is 12.2 Å². The fourth-order valence-corrected chi connectivity index (χ4v) is 1.40. The quantitative estimate of drug-likeness (QED) is 0.549. The van der Waals surface area contributed by atoms with Gasteiger partial charge in [0.2, 0.25) is 0 Å². The predicted molar refractivity (Wildman–Crippen MR) is 53.0 cm³/mol. The van der Waals surface area contributed by atoms with Gasteiger partial charge in [0.1, 0.15) is 0 Å². The smallest absolute Gasteiger partial charge is 0.00489 e. The van der Waals surface area contributed by atoms with Gasteiger partial charge in [0.25, 0.3) is 0 Å². The zero-order valence-corrected chi connectivity index (χ0v) is 7.98. The van der Waals surface area contributed by atoms with Crippen LogP contribution in [0.3, 0.4) is 0 Å². The second-order valence-electron chi connectivity index (χ2n) is 3.08. The molecule has 1 aliphatic rings. The van der Waals surface area contributed by atoms with Gasteiger partial charge in [-0.15, -0.1) is 11.5 Å². The topological polar surface area (TPSA) is 0 Å². The molecule has 0 nitrogen and oxygen atoms in total. The Kier molecular flexibility index (Phi) is 3.67. The van der Waals surface area contributed by atoms with Gasteiger partial charge in [-0.2, -0.15) is 0 Å². The van der Waals surface area contributed by atoms with Crippen LogP contribution in [0.5, 0.6) is 0 Å². The fraction of sp³-hybridized carbons (Fsp3) is 0.500. The average Bonchev–Trinajstić information content (AvgIpc) is 2.09. The number of hydrogen-bond donors (Lipinski definition) is 0.